The van der Waals surface area contributed by atoms with Gasteiger partial charge in [0.1, 0.15) is 0 Å². The lowest BCUT2D eigenvalue weighted by Crippen LogP contribution is -2.39. The Bertz CT molecular complexity index is 416. The van der Waals surface area contributed by atoms with Gasteiger partial charge in [0, 0.05) is 18.7 Å². The van der Waals surface area contributed by atoms with Crippen LogP contribution in [0.15, 0.2) is 5.10 Å². The van der Waals surface area contributed by atoms with E-state index < -0.39 is 6.09 Å². The molecule has 0 radical (unpaired) electrons. The molecular formula is C15H25N3O3. The van der Waals surface area contributed by atoms with E-state index in [0.717, 1.165) is 12.1 Å². The summed E-state index contributed by atoms with van der Waals surface area (Å²) in [6.45, 7) is 2.43. The Kier molecular flexibility index (Phi) is 5.59. The van der Waals surface area contributed by atoms with Gasteiger partial charge in [0.05, 0.1) is 12.5 Å². The molecule has 6 nitrogen and oxygen atoms in total. The predicted octanol–water partition coefficient (Wildman–Crippen LogP) is 2.59. The summed E-state index contributed by atoms with van der Waals surface area (Å²) in [5.74, 6) is 0.630. The number of hydrogen-bond donors (Lipinski definition) is 2. The molecule has 2 aliphatic rings. The third-order valence-electron chi connectivity index (χ3n) is 4.48. The van der Waals surface area contributed by atoms with E-state index in [-0.39, 0.29) is 11.9 Å². The van der Waals surface area contributed by atoms with E-state index in [1.807, 2.05) is 0 Å². The van der Waals surface area contributed by atoms with Crippen molar-refractivity contribution in [1.29, 1.82) is 0 Å². The van der Waals surface area contributed by atoms with Gasteiger partial charge in [-0.25, -0.2) is 9.80 Å². The Morgan fingerprint density at radius 3 is 2.76 bits per heavy atom. The third kappa shape index (κ3) is 4.19. The second kappa shape index (κ2) is 7.43. The van der Waals surface area contributed by atoms with Crippen LogP contribution < -0.4 is 5.32 Å². The molecule has 0 aromatic heterocycles. The summed E-state index contributed by atoms with van der Waals surface area (Å²) in [5.41, 5.74) is 0.794. The molecule has 0 aromatic carbocycles. The Labute approximate surface area is 125 Å². The lowest BCUT2D eigenvalue weighted by molar-refractivity contribution is -0.132. The van der Waals surface area contributed by atoms with Crippen LogP contribution in [-0.4, -0.2) is 40.4 Å². The monoisotopic (exact) mass is 295 g/mol. The molecule has 0 bridgehead atoms. The van der Waals surface area contributed by atoms with Crippen LogP contribution in [0.5, 0.6) is 0 Å². The molecule has 1 aliphatic carbocycles. The van der Waals surface area contributed by atoms with Gasteiger partial charge in [-0.1, -0.05) is 26.2 Å². The van der Waals surface area contributed by atoms with Crippen molar-refractivity contribution in [3.63, 3.8) is 0 Å². The maximum atomic E-state index is 12.2. The summed E-state index contributed by atoms with van der Waals surface area (Å²) in [6.07, 6.45) is 6.92. The Hall–Kier alpha value is -1.59. The van der Waals surface area contributed by atoms with E-state index in [1.54, 1.807) is 5.01 Å². The molecule has 1 saturated carbocycles. The summed E-state index contributed by atoms with van der Waals surface area (Å²) in [7, 11) is 0. The molecule has 1 atom stereocenters. The lowest BCUT2D eigenvalue weighted by Gasteiger charge is -2.33. The fourth-order valence-corrected chi connectivity index (χ4v) is 3.44. The largest absolute Gasteiger partial charge is 0.465 e. The molecule has 0 spiro atoms. The van der Waals surface area contributed by atoms with Crippen molar-refractivity contribution < 1.29 is 14.7 Å². The first-order valence-corrected chi connectivity index (χ1v) is 7.97. The highest BCUT2D eigenvalue weighted by molar-refractivity contribution is 6.05. The number of nitrogens with one attached hydrogen (secondary N) is 1. The van der Waals surface area contributed by atoms with Crippen LogP contribution in [0.3, 0.4) is 0 Å². The summed E-state index contributed by atoms with van der Waals surface area (Å²) < 4.78 is 0. The van der Waals surface area contributed by atoms with Gasteiger partial charge in [0.15, 0.2) is 0 Å². The minimum absolute atomic E-state index is 0.0674. The SMILES string of the molecule is CCC(C1CCCCC1)N1N=C(CCNC(=O)O)CC1=O. The van der Waals surface area contributed by atoms with Crippen LogP contribution in [0.4, 0.5) is 4.79 Å². The highest BCUT2D eigenvalue weighted by atomic mass is 16.4. The summed E-state index contributed by atoms with van der Waals surface area (Å²) >= 11 is 0. The first-order chi connectivity index (χ1) is 10.1. The van der Waals surface area contributed by atoms with Crippen LogP contribution in [-0.2, 0) is 4.79 Å². The molecule has 1 fully saturated rings. The molecule has 1 unspecified atom stereocenters. The van der Waals surface area contributed by atoms with Crippen LogP contribution in [0.1, 0.15) is 58.3 Å². The minimum Gasteiger partial charge on any atom is -0.465 e. The number of amides is 2. The van der Waals surface area contributed by atoms with Crippen molar-refractivity contribution in [2.45, 2.75) is 64.3 Å². The van der Waals surface area contributed by atoms with Crippen molar-refractivity contribution in [2.75, 3.05) is 6.54 Å². The number of carbonyl (C=O) groups is 2. The Morgan fingerprint density at radius 2 is 2.14 bits per heavy atom. The highest BCUT2D eigenvalue weighted by Gasteiger charge is 2.34. The number of nitrogens with zero attached hydrogens (tertiary/aromatic N) is 2. The van der Waals surface area contributed by atoms with Crippen molar-refractivity contribution in [2.24, 2.45) is 11.0 Å². The zero-order chi connectivity index (χ0) is 15.2. The molecule has 1 aliphatic heterocycles. The predicted molar refractivity (Wildman–Crippen MR) is 80.2 cm³/mol. The summed E-state index contributed by atoms with van der Waals surface area (Å²) in [6, 6.07) is 0.211. The second-order valence-corrected chi connectivity index (χ2v) is 5.94. The summed E-state index contributed by atoms with van der Waals surface area (Å²) in [5, 5.41) is 17.0. The zero-order valence-corrected chi connectivity index (χ0v) is 12.7. The van der Waals surface area contributed by atoms with Gasteiger partial charge in [-0.15, -0.1) is 0 Å². The smallest absolute Gasteiger partial charge is 0.404 e. The van der Waals surface area contributed by atoms with Crippen molar-refractivity contribution in [3.8, 4) is 0 Å². The molecule has 1 heterocycles. The van der Waals surface area contributed by atoms with Gasteiger partial charge in [-0.2, -0.15) is 5.10 Å². The van der Waals surface area contributed by atoms with E-state index in [1.165, 1.54) is 32.1 Å². The van der Waals surface area contributed by atoms with Crippen molar-refractivity contribution in [3.05, 3.63) is 0 Å². The van der Waals surface area contributed by atoms with Gasteiger partial charge in [0.2, 0.25) is 5.91 Å². The van der Waals surface area contributed by atoms with E-state index in [9.17, 15) is 9.59 Å². The Balaban J connectivity index is 1.94. The molecule has 2 N–H and O–H groups in total. The van der Waals surface area contributed by atoms with Crippen LogP contribution >= 0.6 is 0 Å². The Morgan fingerprint density at radius 1 is 1.43 bits per heavy atom. The van der Waals surface area contributed by atoms with Crippen molar-refractivity contribution >= 4 is 17.7 Å². The summed E-state index contributed by atoms with van der Waals surface area (Å²) in [4.78, 5) is 22.6. The molecule has 0 aromatic rings. The molecule has 6 heteroatoms. The standard InChI is InChI=1S/C15H25N3O3/c1-2-13(11-6-4-3-5-7-11)18-14(19)10-12(17-18)8-9-16-15(20)21/h11,13,16H,2-10H2,1H3,(H,20,21). The van der Waals surface area contributed by atoms with E-state index in [0.29, 0.717) is 25.3 Å². The number of hydrogen-bond acceptors (Lipinski definition) is 3. The van der Waals surface area contributed by atoms with Gasteiger partial charge in [0.25, 0.3) is 0 Å². The first kappa shape index (κ1) is 15.8. The van der Waals surface area contributed by atoms with Crippen molar-refractivity contribution in [1.82, 2.24) is 10.3 Å². The van der Waals surface area contributed by atoms with Gasteiger partial charge >= 0.3 is 6.09 Å². The van der Waals surface area contributed by atoms with Gasteiger partial charge < -0.3 is 10.4 Å². The fourth-order valence-electron chi connectivity index (χ4n) is 3.44. The van der Waals surface area contributed by atoms with E-state index >= 15 is 0 Å². The maximum absolute atomic E-state index is 12.2. The first-order valence-electron chi connectivity index (χ1n) is 7.97. The topological polar surface area (TPSA) is 82.0 Å². The number of hydrazone groups is 1. The van der Waals surface area contributed by atoms with Crippen LogP contribution in [0.2, 0.25) is 0 Å². The quantitative estimate of drug-likeness (QED) is 0.790. The zero-order valence-electron chi connectivity index (χ0n) is 12.7. The average Bonchev–Trinajstić information content (AvgIpc) is 2.82. The second-order valence-electron chi connectivity index (χ2n) is 5.94. The van der Waals surface area contributed by atoms with E-state index in [4.69, 9.17) is 5.11 Å². The van der Waals surface area contributed by atoms with Crippen LogP contribution in [0, 0.1) is 5.92 Å². The number of carbonyl (C=O) groups excluding carboxylic acids is 1. The molecule has 2 rings (SSSR count). The van der Waals surface area contributed by atoms with Crippen LogP contribution in [0.25, 0.3) is 0 Å². The minimum atomic E-state index is -1.04. The fraction of sp³-hybridized carbons (Fsp3) is 0.800. The number of rotatable bonds is 6. The molecule has 118 valence electrons. The number of carboxylic acid groups (broad SMARTS) is 1. The molecule has 2 amide bonds. The van der Waals surface area contributed by atoms with Gasteiger partial charge in [-0.05, 0) is 25.2 Å². The normalized spacial score (nSPS) is 21.3. The van der Waals surface area contributed by atoms with E-state index in [2.05, 4.69) is 17.3 Å². The molecular weight excluding hydrogens is 270 g/mol. The molecule has 0 saturated heterocycles. The molecule has 21 heavy (non-hydrogen) atoms. The van der Waals surface area contributed by atoms with Gasteiger partial charge in [-0.3, -0.25) is 4.79 Å². The highest BCUT2D eigenvalue weighted by Crippen LogP contribution is 2.32. The lowest BCUT2D eigenvalue weighted by atomic mass is 9.82. The maximum Gasteiger partial charge on any atom is 0.404 e. The third-order valence-corrected chi connectivity index (χ3v) is 4.48. The average molecular weight is 295 g/mol.